The van der Waals surface area contributed by atoms with Gasteiger partial charge in [0, 0.05) is 19.6 Å². The first-order valence-corrected chi connectivity index (χ1v) is 6.35. The Labute approximate surface area is 112 Å². The average Bonchev–Trinajstić information content (AvgIpc) is 2.26. The van der Waals surface area contributed by atoms with Gasteiger partial charge >= 0.3 is 0 Å². The maximum atomic E-state index is 11.8. The molecule has 108 valence electrons. The van der Waals surface area contributed by atoms with Crippen LogP contribution in [-0.2, 0) is 9.59 Å². The minimum atomic E-state index is -0.574. The van der Waals surface area contributed by atoms with Gasteiger partial charge in [-0.3, -0.25) is 15.0 Å². The normalized spacial score (nSPS) is 19.3. The molecule has 8 nitrogen and oxygen atoms in total. The minimum absolute atomic E-state index is 0.0842. The molecule has 0 radical (unpaired) electrons. The zero-order valence-electron chi connectivity index (χ0n) is 11.1. The Morgan fingerprint density at radius 1 is 1.42 bits per heavy atom. The Bertz CT molecular complexity index is 357. The third-order valence-electron chi connectivity index (χ3n) is 2.96. The van der Waals surface area contributed by atoms with Crippen LogP contribution >= 0.6 is 0 Å². The summed E-state index contributed by atoms with van der Waals surface area (Å²) in [5, 5.41) is 12.4. The number of hydrogen-bond acceptors (Lipinski definition) is 4. The molecule has 19 heavy (non-hydrogen) atoms. The van der Waals surface area contributed by atoms with E-state index in [1.807, 2.05) is 0 Å². The lowest BCUT2D eigenvalue weighted by Crippen LogP contribution is -2.61. The van der Waals surface area contributed by atoms with Crippen LogP contribution in [-0.4, -0.2) is 54.4 Å². The van der Waals surface area contributed by atoms with Crippen LogP contribution in [0.15, 0.2) is 0 Å². The van der Waals surface area contributed by atoms with Crippen molar-refractivity contribution in [2.45, 2.75) is 31.8 Å². The highest BCUT2D eigenvalue weighted by Crippen LogP contribution is 2.18. The molecule has 0 aromatic carbocycles. The van der Waals surface area contributed by atoms with Crippen LogP contribution < -0.4 is 22.1 Å². The van der Waals surface area contributed by atoms with E-state index in [0.29, 0.717) is 32.5 Å². The van der Waals surface area contributed by atoms with Crippen molar-refractivity contribution < 1.29 is 9.59 Å². The maximum Gasteiger partial charge on any atom is 0.242 e. The van der Waals surface area contributed by atoms with Gasteiger partial charge in [0.1, 0.15) is 6.04 Å². The smallest absolute Gasteiger partial charge is 0.242 e. The van der Waals surface area contributed by atoms with Crippen LogP contribution in [0.1, 0.15) is 19.8 Å². The summed E-state index contributed by atoms with van der Waals surface area (Å²) >= 11 is 0. The van der Waals surface area contributed by atoms with Crippen LogP contribution in [0.3, 0.4) is 0 Å². The molecule has 1 heterocycles. The lowest BCUT2D eigenvalue weighted by molar-refractivity contribution is -0.148. The van der Waals surface area contributed by atoms with E-state index in [-0.39, 0.29) is 23.8 Å². The number of amides is 2. The second-order valence-electron chi connectivity index (χ2n) is 4.61. The summed E-state index contributed by atoms with van der Waals surface area (Å²) in [4.78, 5) is 25.0. The van der Waals surface area contributed by atoms with Crippen LogP contribution in [0.2, 0.25) is 0 Å². The average molecular weight is 270 g/mol. The fourth-order valence-electron chi connectivity index (χ4n) is 1.83. The van der Waals surface area contributed by atoms with Crippen LogP contribution in [0.5, 0.6) is 0 Å². The van der Waals surface area contributed by atoms with Gasteiger partial charge in [-0.2, -0.15) is 0 Å². The fraction of sp³-hybridized carbons (Fsp3) is 0.727. The number of rotatable bonds is 6. The molecule has 1 aliphatic heterocycles. The Kier molecular flexibility index (Phi) is 5.56. The van der Waals surface area contributed by atoms with E-state index in [1.54, 1.807) is 6.92 Å². The highest BCUT2D eigenvalue weighted by atomic mass is 16.2. The number of carbonyl (C=O) groups excluding carboxylic acids is 2. The summed E-state index contributed by atoms with van der Waals surface area (Å²) in [5.74, 6) is -0.424. The number of hydrogen-bond donors (Lipinski definition) is 5. The van der Waals surface area contributed by atoms with Crippen molar-refractivity contribution in [2.75, 3.05) is 19.6 Å². The van der Waals surface area contributed by atoms with Gasteiger partial charge in [-0.05, 0) is 19.8 Å². The van der Waals surface area contributed by atoms with Gasteiger partial charge in [-0.1, -0.05) is 0 Å². The van der Waals surface area contributed by atoms with Crippen molar-refractivity contribution in [3.63, 3.8) is 0 Å². The largest absolute Gasteiger partial charge is 0.370 e. The molecular formula is C11H22N6O2. The van der Waals surface area contributed by atoms with Gasteiger partial charge in [0.05, 0.1) is 6.04 Å². The molecule has 0 aromatic rings. The summed E-state index contributed by atoms with van der Waals surface area (Å²) in [6, 6.07) is -0.963. The standard InChI is InChI=1S/C11H22N6O2/c1-7(12)10(19)17-6-3-8(17)9(18)15-4-2-5-16-11(13)14/h7-8H,2-6,12H2,1H3,(H,15,18)(H4,13,14,16)/t7-,8+/m1/s1. The number of nitrogens with zero attached hydrogens (tertiary/aromatic N) is 1. The van der Waals surface area contributed by atoms with E-state index in [0.717, 1.165) is 0 Å². The van der Waals surface area contributed by atoms with Crippen molar-refractivity contribution in [1.29, 1.82) is 5.41 Å². The molecule has 1 rings (SSSR count). The summed E-state index contributed by atoms with van der Waals surface area (Å²) in [6.07, 6.45) is 1.34. The van der Waals surface area contributed by atoms with Crippen molar-refractivity contribution in [3.8, 4) is 0 Å². The zero-order valence-corrected chi connectivity index (χ0v) is 11.1. The second-order valence-corrected chi connectivity index (χ2v) is 4.61. The molecule has 8 heteroatoms. The Hall–Kier alpha value is -1.83. The molecule has 0 aliphatic carbocycles. The van der Waals surface area contributed by atoms with Gasteiger partial charge in [-0.15, -0.1) is 0 Å². The van der Waals surface area contributed by atoms with Crippen molar-refractivity contribution >= 4 is 17.8 Å². The third-order valence-corrected chi connectivity index (χ3v) is 2.96. The van der Waals surface area contributed by atoms with Crippen LogP contribution in [0.25, 0.3) is 0 Å². The van der Waals surface area contributed by atoms with E-state index in [1.165, 1.54) is 4.90 Å². The number of nitrogens with two attached hydrogens (primary N) is 2. The first kappa shape index (κ1) is 15.2. The SMILES string of the molecule is C[C@@H](N)C(=O)N1CC[C@H]1C(=O)NCCCNC(=N)N. The van der Waals surface area contributed by atoms with Crippen LogP contribution in [0, 0.1) is 5.41 Å². The molecule has 0 saturated carbocycles. The quantitative estimate of drug-likeness (QED) is 0.214. The second kappa shape index (κ2) is 6.93. The van der Waals surface area contributed by atoms with Crippen molar-refractivity contribution in [1.82, 2.24) is 15.5 Å². The molecule has 0 bridgehead atoms. The van der Waals surface area contributed by atoms with E-state index >= 15 is 0 Å². The highest BCUT2D eigenvalue weighted by molar-refractivity contribution is 5.91. The first-order chi connectivity index (χ1) is 8.93. The number of carbonyl (C=O) groups is 2. The van der Waals surface area contributed by atoms with Gasteiger partial charge in [0.2, 0.25) is 11.8 Å². The number of nitrogens with one attached hydrogen (secondary N) is 3. The van der Waals surface area contributed by atoms with Gasteiger partial charge in [0.15, 0.2) is 5.96 Å². The molecule has 2 atom stereocenters. The monoisotopic (exact) mass is 270 g/mol. The zero-order chi connectivity index (χ0) is 14.4. The van der Waals surface area contributed by atoms with E-state index in [4.69, 9.17) is 16.9 Å². The number of guanidine groups is 1. The summed E-state index contributed by atoms with van der Waals surface area (Å²) in [6.45, 7) is 3.21. The van der Waals surface area contributed by atoms with E-state index in [9.17, 15) is 9.59 Å². The topological polar surface area (TPSA) is 137 Å². The molecule has 0 spiro atoms. The summed E-state index contributed by atoms with van der Waals surface area (Å²) in [7, 11) is 0. The summed E-state index contributed by atoms with van der Waals surface area (Å²) in [5.41, 5.74) is 10.6. The first-order valence-electron chi connectivity index (χ1n) is 6.35. The van der Waals surface area contributed by atoms with Crippen molar-refractivity contribution in [3.05, 3.63) is 0 Å². The Morgan fingerprint density at radius 3 is 2.53 bits per heavy atom. The van der Waals surface area contributed by atoms with Crippen molar-refractivity contribution in [2.24, 2.45) is 11.5 Å². The van der Waals surface area contributed by atoms with E-state index < -0.39 is 6.04 Å². The molecule has 1 fully saturated rings. The highest BCUT2D eigenvalue weighted by Gasteiger charge is 2.38. The molecule has 7 N–H and O–H groups in total. The summed E-state index contributed by atoms with van der Waals surface area (Å²) < 4.78 is 0. The Balaban J connectivity index is 2.23. The maximum absolute atomic E-state index is 11.8. The third kappa shape index (κ3) is 4.40. The van der Waals surface area contributed by atoms with Gasteiger partial charge in [-0.25, -0.2) is 0 Å². The predicted molar refractivity (Wildman–Crippen MR) is 71.3 cm³/mol. The number of likely N-dealkylation sites (tertiary alicyclic amines) is 1. The predicted octanol–water partition coefficient (Wildman–Crippen LogP) is -2.08. The van der Waals surface area contributed by atoms with Gasteiger partial charge < -0.3 is 27.0 Å². The fourth-order valence-corrected chi connectivity index (χ4v) is 1.83. The Morgan fingerprint density at radius 2 is 2.05 bits per heavy atom. The van der Waals surface area contributed by atoms with Crippen LogP contribution in [0.4, 0.5) is 0 Å². The lowest BCUT2D eigenvalue weighted by atomic mass is 10.0. The molecule has 2 amide bonds. The molecular weight excluding hydrogens is 248 g/mol. The lowest BCUT2D eigenvalue weighted by Gasteiger charge is -2.40. The molecule has 1 saturated heterocycles. The molecule has 0 aromatic heterocycles. The van der Waals surface area contributed by atoms with Gasteiger partial charge in [0.25, 0.3) is 0 Å². The molecule has 1 aliphatic rings. The molecule has 0 unspecified atom stereocenters. The van der Waals surface area contributed by atoms with E-state index in [2.05, 4.69) is 10.6 Å². The minimum Gasteiger partial charge on any atom is -0.370 e.